The average molecular weight is 185 g/mol. The Bertz CT molecular complexity index is 213. The van der Waals surface area contributed by atoms with Crippen molar-refractivity contribution in [2.75, 3.05) is 6.54 Å². The van der Waals surface area contributed by atoms with Gasteiger partial charge < -0.3 is 16.8 Å². The number of primary amides is 1. The number of hydrogen-bond donors (Lipinski definition) is 3. The highest BCUT2D eigenvalue weighted by Gasteiger charge is 2.29. The van der Waals surface area contributed by atoms with Crippen molar-refractivity contribution in [3.63, 3.8) is 0 Å². The second-order valence-corrected chi connectivity index (χ2v) is 3.45. The fourth-order valence-electron chi connectivity index (χ4n) is 1.16. The summed E-state index contributed by atoms with van der Waals surface area (Å²) in [5.41, 5.74) is 10.6. The third-order valence-electron chi connectivity index (χ3n) is 2.11. The predicted molar refractivity (Wildman–Crippen MR) is 47.5 cm³/mol. The summed E-state index contributed by atoms with van der Waals surface area (Å²) in [6.07, 6.45) is 2.52. The van der Waals surface area contributed by atoms with E-state index in [2.05, 4.69) is 5.32 Å². The summed E-state index contributed by atoms with van der Waals surface area (Å²) in [4.78, 5) is 21.4. The van der Waals surface area contributed by atoms with E-state index in [1.165, 1.54) is 0 Å². The van der Waals surface area contributed by atoms with Crippen LogP contribution in [0.5, 0.6) is 0 Å². The number of carbonyl (C=O) groups is 2. The molecular weight excluding hydrogens is 170 g/mol. The molecule has 5 heteroatoms. The third kappa shape index (κ3) is 3.89. The minimum atomic E-state index is -0.534. The number of hydrogen-bond acceptors (Lipinski definition) is 3. The molecule has 74 valence electrons. The molecule has 0 bridgehead atoms. The Morgan fingerprint density at radius 1 is 1.46 bits per heavy atom. The molecule has 5 nitrogen and oxygen atoms in total. The lowest BCUT2D eigenvalue weighted by Gasteiger charge is -2.09. The zero-order valence-corrected chi connectivity index (χ0v) is 7.45. The molecule has 0 saturated heterocycles. The van der Waals surface area contributed by atoms with Crippen LogP contribution in [0.25, 0.3) is 0 Å². The second-order valence-electron chi connectivity index (χ2n) is 3.45. The van der Waals surface area contributed by atoms with Gasteiger partial charge in [0.2, 0.25) is 11.8 Å². The molecule has 1 saturated carbocycles. The number of amides is 2. The van der Waals surface area contributed by atoms with E-state index in [0.717, 1.165) is 12.8 Å². The first-order valence-electron chi connectivity index (χ1n) is 4.40. The molecule has 0 heterocycles. The van der Waals surface area contributed by atoms with E-state index in [-0.39, 0.29) is 24.9 Å². The normalized spacial score (nSPS) is 17.9. The summed E-state index contributed by atoms with van der Waals surface area (Å²) >= 11 is 0. The number of nitrogens with two attached hydrogens (primary N) is 2. The van der Waals surface area contributed by atoms with Gasteiger partial charge in [0.15, 0.2) is 0 Å². The molecule has 2 amide bonds. The van der Waals surface area contributed by atoms with Crippen LogP contribution < -0.4 is 16.8 Å². The first-order chi connectivity index (χ1) is 6.09. The van der Waals surface area contributed by atoms with Crippen LogP contribution in [0.2, 0.25) is 0 Å². The molecule has 0 aromatic rings. The van der Waals surface area contributed by atoms with E-state index in [0.29, 0.717) is 5.92 Å². The smallest absolute Gasteiger partial charge is 0.236 e. The Balaban J connectivity index is 2.12. The SMILES string of the molecule is NC(=O)CNC(=O)CC(N)C1CC1. The van der Waals surface area contributed by atoms with Crippen LogP contribution in [0, 0.1) is 5.92 Å². The van der Waals surface area contributed by atoms with Gasteiger partial charge in [0.05, 0.1) is 6.54 Å². The molecule has 1 rings (SSSR count). The molecule has 5 N–H and O–H groups in total. The Labute approximate surface area is 76.8 Å². The third-order valence-corrected chi connectivity index (χ3v) is 2.11. The maximum atomic E-state index is 11.1. The van der Waals surface area contributed by atoms with Gasteiger partial charge in [0.25, 0.3) is 0 Å². The quantitative estimate of drug-likeness (QED) is 0.497. The van der Waals surface area contributed by atoms with E-state index in [4.69, 9.17) is 11.5 Å². The van der Waals surface area contributed by atoms with Gasteiger partial charge in [-0.2, -0.15) is 0 Å². The second kappa shape index (κ2) is 4.23. The van der Waals surface area contributed by atoms with Crippen LogP contribution >= 0.6 is 0 Å². The molecule has 0 aliphatic heterocycles. The van der Waals surface area contributed by atoms with Gasteiger partial charge in [-0.15, -0.1) is 0 Å². The monoisotopic (exact) mass is 185 g/mol. The molecule has 1 fully saturated rings. The summed E-state index contributed by atoms with van der Waals surface area (Å²) in [6.45, 7) is -0.101. The fourth-order valence-corrected chi connectivity index (χ4v) is 1.16. The van der Waals surface area contributed by atoms with Crippen LogP contribution in [0.1, 0.15) is 19.3 Å². The maximum absolute atomic E-state index is 11.1. The highest BCUT2D eigenvalue weighted by Crippen LogP contribution is 2.32. The zero-order chi connectivity index (χ0) is 9.84. The molecule has 0 aromatic carbocycles. The lowest BCUT2D eigenvalue weighted by atomic mass is 10.1. The summed E-state index contributed by atoms with van der Waals surface area (Å²) in [5.74, 6) is -0.231. The van der Waals surface area contributed by atoms with E-state index in [9.17, 15) is 9.59 Å². The molecule has 0 radical (unpaired) electrons. The summed E-state index contributed by atoms with van der Waals surface area (Å²) in [6, 6.07) is -0.0622. The van der Waals surface area contributed by atoms with E-state index >= 15 is 0 Å². The number of carbonyl (C=O) groups excluding carboxylic acids is 2. The molecular formula is C8H15N3O2. The van der Waals surface area contributed by atoms with Gasteiger partial charge in [-0.25, -0.2) is 0 Å². The van der Waals surface area contributed by atoms with Crippen molar-refractivity contribution in [2.24, 2.45) is 17.4 Å². The van der Waals surface area contributed by atoms with E-state index in [1.54, 1.807) is 0 Å². The summed E-state index contributed by atoms with van der Waals surface area (Å²) in [7, 11) is 0. The van der Waals surface area contributed by atoms with Crippen molar-refractivity contribution in [3.8, 4) is 0 Å². The van der Waals surface area contributed by atoms with Gasteiger partial charge in [-0.1, -0.05) is 0 Å². The standard InChI is InChI=1S/C8H15N3O2/c9-6(5-1-2-5)3-8(13)11-4-7(10)12/h5-6H,1-4,9H2,(H2,10,12)(H,11,13). The van der Waals surface area contributed by atoms with Crippen molar-refractivity contribution >= 4 is 11.8 Å². The number of nitrogens with one attached hydrogen (secondary N) is 1. The largest absolute Gasteiger partial charge is 0.368 e. The van der Waals surface area contributed by atoms with Crippen LogP contribution in [0.4, 0.5) is 0 Å². The van der Waals surface area contributed by atoms with Crippen molar-refractivity contribution in [1.29, 1.82) is 0 Å². The zero-order valence-electron chi connectivity index (χ0n) is 7.45. The van der Waals surface area contributed by atoms with Crippen LogP contribution in [-0.4, -0.2) is 24.4 Å². The minimum absolute atomic E-state index is 0.0622. The minimum Gasteiger partial charge on any atom is -0.368 e. The van der Waals surface area contributed by atoms with Crippen molar-refractivity contribution in [1.82, 2.24) is 5.32 Å². The fraction of sp³-hybridized carbons (Fsp3) is 0.750. The van der Waals surface area contributed by atoms with Crippen LogP contribution in [0.3, 0.4) is 0 Å². The summed E-state index contributed by atoms with van der Waals surface area (Å²) in [5, 5.41) is 2.40. The lowest BCUT2D eigenvalue weighted by Crippen LogP contribution is -2.37. The Morgan fingerprint density at radius 2 is 2.08 bits per heavy atom. The number of rotatable bonds is 5. The molecule has 1 aliphatic carbocycles. The topological polar surface area (TPSA) is 98.2 Å². The van der Waals surface area contributed by atoms with Crippen molar-refractivity contribution in [3.05, 3.63) is 0 Å². The molecule has 13 heavy (non-hydrogen) atoms. The van der Waals surface area contributed by atoms with Gasteiger partial charge >= 0.3 is 0 Å². The lowest BCUT2D eigenvalue weighted by molar-refractivity contribution is -0.125. The van der Waals surface area contributed by atoms with E-state index < -0.39 is 5.91 Å². The average Bonchev–Trinajstić information content (AvgIpc) is 2.82. The van der Waals surface area contributed by atoms with Crippen LogP contribution in [0.15, 0.2) is 0 Å². The summed E-state index contributed by atoms with van der Waals surface area (Å²) < 4.78 is 0. The van der Waals surface area contributed by atoms with E-state index in [1.807, 2.05) is 0 Å². The van der Waals surface area contributed by atoms with Gasteiger partial charge in [-0.3, -0.25) is 9.59 Å². The predicted octanol–water partition coefficient (Wildman–Crippen LogP) is -1.28. The van der Waals surface area contributed by atoms with Crippen molar-refractivity contribution in [2.45, 2.75) is 25.3 Å². The Hall–Kier alpha value is -1.10. The Morgan fingerprint density at radius 3 is 2.54 bits per heavy atom. The van der Waals surface area contributed by atoms with Crippen LogP contribution in [-0.2, 0) is 9.59 Å². The van der Waals surface area contributed by atoms with Crippen molar-refractivity contribution < 1.29 is 9.59 Å². The van der Waals surface area contributed by atoms with Gasteiger partial charge in [0, 0.05) is 12.5 Å². The first-order valence-corrected chi connectivity index (χ1v) is 4.40. The van der Waals surface area contributed by atoms with Gasteiger partial charge in [-0.05, 0) is 18.8 Å². The molecule has 1 aliphatic rings. The van der Waals surface area contributed by atoms with Gasteiger partial charge in [0.1, 0.15) is 0 Å². The molecule has 1 atom stereocenters. The first kappa shape index (κ1) is 9.98. The molecule has 1 unspecified atom stereocenters. The Kier molecular flexibility index (Phi) is 3.25. The maximum Gasteiger partial charge on any atom is 0.236 e. The highest BCUT2D eigenvalue weighted by molar-refractivity contribution is 5.83. The molecule has 0 spiro atoms. The highest BCUT2D eigenvalue weighted by atomic mass is 16.2. The molecule has 0 aromatic heterocycles.